The van der Waals surface area contributed by atoms with Crippen LogP contribution in [-0.2, 0) is 31.8 Å². The number of anilines is 1. The second kappa shape index (κ2) is 10.5. The first-order valence-corrected chi connectivity index (χ1v) is 11.9. The van der Waals surface area contributed by atoms with E-state index < -0.39 is 16.1 Å². The second-order valence-electron chi connectivity index (χ2n) is 7.72. The van der Waals surface area contributed by atoms with Crippen LogP contribution in [0.5, 0.6) is 0 Å². The van der Waals surface area contributed by atoms with Gasteiger partial charge in [0.25, 0.3) is 0 Å². The van der Waals surface area contributed by atoms with Crippen LogP contribution in [0.15, 0.2) is 67.3 Å². The van der Waals surface area contributed by atoms with E-state index in [1.54, 1.807) is 24.3 Å². The molecule has 1 heterocycles. The lowest BCUT2D eigenvalue weighted by Crippen LogP contribution is -2.40. The van der Waals surface area contributed by atoms with Crippen LogP contribution >= 0.6 is 0 Å². The molecule has 2 unspecified atom stereocenters. The summed E-state index contributed by atoms with van der Waals surface area (Å²) in [5.74, 6) is -0.785. The molecular formula is C23H27N3O5S. The highest BCUT2D eigenvalue weighted by molar-refractivity contribution is 7.88. The summed E-state index contributed by atoms with van der Waals surface area (Å²) in [7, 11) is -3.72. The zero-order valence-electron chi connectivity index (χ0n) is 17.6. The van der Waals surface area contributed by atoms with Crippen LogP contribution in [0.2, 0.25) is 0 Å². The Labute approximate surface area is 188 Å². The molecule has 0 aromatic heterocycles. The van der Waals surface area contributed by atoms with Gasteiger partial charge < -0.3 is 15.7 Å². The number of hydrogen-bond acceptors (Lipinski definition) is 5. The number of hydrogen-bond donors (Lipinski definition) is 3. The van der Waals surface area contributed by atoms with Crippen LogP contribution in [0.3, 0.4) is 0 Å². The Morgan fingerprint density at radius 1 is 1.09 bits per heavy atom. The van der Waals surface area contributed by atoms with E-state index in [-0.39, 0.29) is 43.2 Å². The smallest absolute Gasteiger partial charge is 0.243 e. The summed E-state index contributed by atoms with van der Waals surface area (Å²) < 4.78 is 27.1. The first-order chi connectivity index (χ1) is 15.3. The third-order valence-electron chi connectivity index (χ3n) is 5.26. The summed E-state index contributed by atoms with van der Waals surface area (Å²) in [5, 5.41) is 15.1. The number of nitrogens with one attached hydrogen (secondary N) is 2. The molecule has 1 aliphatic heterocycles. The molecule has 2 aromatic carbocycles. The first kappa shape index (κ1) is 23.6. The van der Waals surface area contributed by atoms with Crippen LogP contribution in [0.4, 0.5) is 5.69 Å². The molecule has 9 heteroatoms. The standard InChI is InChI=1S/C23H27N3O5S/c1-2-22(28)25-20-13-21(15-27)26(14-20)32(30,31)16-18-8-10-19(11-9-18)24-23(29)12-17-6-4-3-5-7-17/h2-11,20-21,27H,1,12-16H2,(H,24,29)(H,25,28). The summed E-state index contributed by atoms with van der Waals surface area (Å²) in [4.78, 5) is 23.7. The number of carbonyl (C=O) groups is 2. The quantitative estimate of drug-likeness (QED) is 0.493. The minimum atomic E-state index is -3.72. The zero-order chi connectivity index (χ0) is 23.1. The molecule has 2 amide bonds. The molecule has 2 atom stereocenters. The van der Waals surface area contributed by atoms with Crippen molar-refractivity contribution in [2.75, 3.05) is 18.5 Å². The Bertz CT molecular complexity index is 1050. The van der Waals surface area contributed by atoms with Gasteiger partial charge in [-0.2, -0.15) is 4.31 Å². The normalized spacial score (nSPS) is 18.8. The first-order valence-electron chi connectivity index (χ1n) is 10.3. The minimum Gasteiger partial charge on any atom is -0.395 e. The molecule has 3 rings (SSSR count). The summed E-state index contributed by atoms with van der Waals surface area (Å²) in [5.41, 5.74) is 2.04. The lowest BCUT2D eigenvalue weighted by atomic mass is 10.1. The van der Waals surface area contributed by atoms with Crippen LogP contribution in [0.25, 0.3) is 0 Å². The maximum atomic E-state index is 13.0. The molecule has 0 radical (unpaired) electrons. The molecule has 1 aliphatic rings. The molecule has 0 bridgehead atoms. The highest BCUT2D eigenvalue weighted by atomic mass is 32.2. The molecule has 2 aromatic rings. The number of amides is 2. The molecule has 8 nitrogen and oxygen atoms in total. The number of aliphatic hydroxyl groups is 1. The topological polar surface area (TPSA) is 116 Å². The van der Waals surface area contributed by atoms with E-state index in [0.717, 1.165) is 11.6 Å². The largest absolute Gasteiger partial charge is 0.395 e. The average Bonchev–Trinajstić information content (AvgIpc) is 3.19. The molecule has 0 aliphatic carbocycles. The molecule has 0 spiro atoms. The molecular weight excluding hydrogens is 430 g/mol. The average molecular weight is 458 g/mol. The number of aliphatic hydroxyl groups excluding tert-OH is 1. The van der Waals surface area contributed by atoms with E-state index in [2.05, 4.69) is 17.2 Å². The van der Waals surface area contributed by atoms with Crippen molar-refractivity contribution < 1.29 is 23.1 Å². The zero-order valence-corrected chi connectivity index (χ0v) is 18.4. The van der Waals surface area contributed by atoms with Gasteiger partial charge in [-0.25, -0.2) is 8.42 Å². The van der Waals surface area contributed by atoms with Gasteiger partial charge in [0.2, 0.25) is 21.8 Å². The summed E-state index contributed by atoms with van der Waals surface area (Å²) in [6, 6.07) is 15.0. The van der Waals surface area contributed by atoms with Gasteiger partial charge in [-0.1, -0.05) is 49.0 Å². The Kier molecular flexibility index (Phi) is 7.79. The van der Waals surface area contributed by atoms with E-state index in [0.29, 0.717) is 17.7 Å². The van der Waals surface area contributed by atoms with Gasteiger partial charge in [-0.15, -0.1) is 0 Å². The summed E-state index contributed by atoms with van der Waals surface area (Å²) >= 11 is 0. The van der Waals surface area contributed by atoms with Crippen molar-refractivity contribution in [2.24, 2.45) is 0 Å². The second-order valence-corrected chi connectivity index (χ2v) is 9.64. The molecule has 32 heavy (non-hydrogen) atoms. The monoisotopic (exact) mass is 457 g/mol. The van der Waals surface area contributed by atoms with Crippen LogP contribution < -0.4 is 10.6 Å². The van der Waals surface area contributed by atoms with Gasteiger partial charge in [-0.05, 0) is 35.8 Å². The fourth-order valence-corrected chi connectivity index (χ4v) is 5.52. The fourth-order valence-electron chi connectivity index (χ4n) is 3.72. The SMILES string of the molecule is C=CC(=O)NC1CC(CO)N(S(=O)(=O)Cc2ccc(NC(=O)Cc3ccccc3)cc2)C1. The van der Waals surface area contributed by atoms with Crippen molar-refractivity contribution in [1.29, 1.82) is 0 Å². The lowest BCUT2D eigenvalue weighted by molar-refractivity contribution is -0.117. The third kappa shape index (κ3) is 6.25. The van der Waals surface area contributed by atoms with Crippen molar-refractivity contribution >= 4 is 27.5 Å². The number of sulfonamides is 1. The Hall–Kier alpha value is -3.01. The van der Waals surface area contributed by atoms with Crippen LogP contribution in [0, 0.1) is 0 Å². The number of benzene rings is 2. The van der Waals surface area contributed by atoms with Gasteiger partial charge in [0, 0.05) is 24.3 Å². The van der Waals surface area contributed by atoms with Crippen LogP contribution in [-0.4, -0.2) is 54.9 Å². The van der Waals surface area contributed by atoms with Crippen molar-refractivity contribution in [1.82, 2.24) is 9.62 Å². The van der Waals surface area contributed by atoms with Gasteiger partial charge >= 0.3 is 0 Å². The summed E-state index contributed by atoms with van der Waals surface area (Å²) in [6.07, 6.45) is 1.71. The Morgan fingerprint density at radius 2 is 1.78 bits per heavy atom. The fraction of sp³-hybridized carbons (Fsp3) is 0.304. The molecule has 3 N–H and O–H groups in total. The number of nitrogens with zero attached hydrogens (tertiary/aromatic N) is 1. The Morgan fingerprint density at radius 3 is 2.41 bits per heavy atom. The molecule has 1 fully saturated rings. The van der Waals surface area contributed by atoms with Crippen molar-refractivity contribution in [2.45, 2.75) is 30.7 Å². The molecule has 1 saturated heterocycles. The predicted octanol–water partition coefficient (Wildman–Crippen LogP) is 1.44. The van der Waals surface area contributed by atoms with Crippen molar-refractivity contribution in [3.05, 3.63) is 78.4 Å². The summed E-state index contributed by atoms with van der Waals surface area (Å²) in [6.45, 7) is 3.16. The van der Waals surface area contributed by atoms with Gasteiger partial charge in [-0.3, -0.25) is 9.59 Å². The van der Waals surface area contributed by atoms with E-state index >= 15 is 0 Å². The maximum absolute atomic E-state index is 13.0. The van der Waals surface area contributed by atoms with Crippen LogP contribution in [0.1, 0.15) is 17.5 Å². The van der Waals surface area contributed by atoms with Crippen molar-refractivity contribution in [3.63, 3.8) is 0 Å². The number of carbonyl (C=O) groups excluding carboxylic acids is 2. The van der Waals surface area contributed by atoms with Gasteiger partial charge in [0.05, 0.1) is 18.8 Å². The van der Waals surface area contributed by atoms with Gasteiger partial charge in [0.1, 0.15) is 0 Å². The minimum absolute atomic E-state index is 0.0980. The van der Waals surface area contributed by atoms with E-state index in [9.17, 15) is 23.1 Å². The highest BCUT2D eigenvalue weighted by Gasteiger charge is 2.39. The van der Waals surface area contributed by atoms with E-state index in [1.807, 2.05) is 30.3 Å². The number of rotatable bonds is 9. The van der Waals surface area contributed by atoms with E-state index in [1.165, 1.54) is 4.31 Å². The lowest BCUT2D eigenvalue weighted by Gasteiger charge is -2.22. The molecule has 0 saturated carbocycles. The maximum Gasteiger partial charge on any atom is 0.243 e. The van der Waals surface area contributed by atoms with Gasteiger partial charge in [0.15, 0.2) is 0 Å². The van der Waals surface area contributed by atoms with Crippen molar-refractivity contribution in [3.8, 4) is 0 Å². The Balaban J connectivity index is 1.60. The molecule has 170 valence electrons. The predicted molar refractivity (Wildman–Crippen MR) is 122 cm³/mol. The highest BCUT2D eigenvalue weighted by Crippen LogP contribution is 2.24. The van der Waals surface area contributed by atoms with E-state index in [4.69, 9.17) is 0 Å². The third-order valence-corrected chi connectivity index (χ3v) is 7.12.